The first-order chi connectivity index (χ1) is 8.56. The molecule has 6 nitrogen and oxygen atoms in total. The van der Waals surface area contributed by atoms with Crippen LogP contribution in [0.4, 0.5) is 0 Å². The maximum atomic E-state index is 12.0. The second kappa shape index (κ2) is 7.33. The standard InChI is InChI=1S/C12H22N2O4/c1-18-7-3-5-10(13)11(15)14-6-2-4-9(8-14)12(16)17/h9-10H,2-8,13H2,1H3,(H,16,17)/t9-,10?/m1/s1. The van der Waals surface area contributed by atoms with Gasteiger partial charge in [-0.1, -0.05) is 0 Å². The fraction of sp³-hybridized carbons (Fsp3) is 0.833. The number of likely N-dealkylation sites (tertiary alicyclic amines) is 1. The van der Waals surface area contributed by atoms with Crippen molar-refractivity contribution in [2.75, 3.05) is 26.8 Å². The van der Waals surface area contributed by atoms with Gasteiger partial charge >= 0.3 is 5.97 Å². The Morgan fingerprint density at radius 3 is 2.89 bits per heavy atom. The molecule has 0 bridgehead atoms. The summed E-state index contributed by atoms with van der Waals surface area (Å²) in [5.41, 5.74) is 5.82. The van der Waals surface area contributed by atoms with Gasteiger partial charge in [-0.25, -0.2) is 0 Å². The molecular formula is C12H22N2O4. The predicted octanol–water partition coefficient (Wildman–Crippen LogP) is 0.0635. The van der Waals surface area contributed by atoms with E-state index in [0.29, 0.717) is 26.0 Å². The summed E-state index contributed by atoms with van der Waals surface area (Å²) in [6.45, 7) is 1.48. The number of aliphatic carboxylic acids is 1. The van der Waals surface area contributed by atoms with Crippen LogP contribution in [0.25, 0.3) is 0 Å². The number of carbonyl (C=O) groups is 2. The van der Waals surface area contributed by atoms with Crippen LogP contribution in [-0.2, 0) is 14.3 Å². The first-order valence-corrected chi connectivity index (χ1v) is 6.32. The fourth-order valence-corrected chi connectivity index (χ4v) is 2.18. The Labute approximate surface area is 107 Å². The second-order valence-electron chi connectivity index (χ2n) is 4.70. The van der Waals surface area contributed by atoms with Gasteiger partial charge in [0.15, 0.2) is 0 Å². The molecule has 0 aromatic carbocycles. The lowest BCUT2D eigenvalue weighted by Crippen LogP contribution is -2.49. The molecule has 0 aromatic rings. The molecular weight excluding hydrogens is 236 g/mol. The lowest BCUT2D eigenvalue weighted by molar-refractivity contribution is -0.146. The highest BCUT2D eigenvalue weighted by atomic mass is 16.5. The van der Waals surface area contributed by atoms with Gasteiger partial charge in [0.2, 0.25) is 5.91 Å². The summed E-state index contributed by atoms with van der Waals surface area (Å²) in [6.07, 6.45) is 2.67. The molecule has 0 radical (unpaired) electrons. The zero-order chi connectivity index (χ0) is 13.5. The summed E-state index contributed by atoms with van der Waals surface area (Å²) in [5, 5.41) is 8.96. The molecule has 1 unspecified atom stereocenters. The molecule has 1 amide bonds. The second-order valence-corrected chi connectivity index (χ2v) is 4.70. The minimum Gasteiger partial charge on any atom is -0.481 e. The van der Waals surface area contributed by atoms with E-state index in [2.05, 4.69) is 0 Å². The molecule has 0 spiro atoms. The van der Waals surface area contributed by atoms with Gasteiger partial charge in [0.05, 0.1) is 12.0 Å². The summed E-state index contributed by atoms with van der Waals surface area (Å²) >= 11 is 0. The first kappa shape index (κ1) is 14.9. The molecule has 18 heavy (non-hydrogen) atoms. The van der Waals surface area contributed by atoms with E-state index >= 15 is 0 Å². The summed E-state index contributed by atoms with van der Waals surface area (Å²) in [6, 6.07) is -0.548. The molecule has 1 aliphatic rings. The molecule has 2 atom stereocenters. The number of hydrogen-bond acceptors (Lipinski definition) is 4. The largest absolute Gasteiger partial charge is 0.481 e. The molecule has 6 heteroatoms. The molecule has 1 aliphatic heterocycles. The quantitative estimate of drug-likeness (QED) is 0.657. The van der Waals surface area contributed by atoms with Crippen LogP contribution in [0.15, 0.2) is 0 Å². The van der Waals surface area contributed by atoms with Crippen molar-refractivity contribution < 1.29 is 19.4 Å². The predicted molar refractivity (Wildman–Crippen MR) is 66.0 cm³/mol. The number of carboxylic acid groups (broad SMARTS) is 1. The summed E-state index contributed by atoms with van der Waals surface area (Å²) < 4.78 is 4.91. The monoisotopic (exact) mass is 258 g/mol. The summed E-state index contributed by atoms with van der Waals surface area (Å²) in [4.78, 5) is 24.5. The number of nitrogens with two attached hydrogens (primary N) is 1. The number of amides is 1. The van der Waals surface area contributed by atoms with E-state index in [9.17, 15) is 9.59 Å². The van der Waals surface area contributed by atoms with E-state index in [1.54, 1.807) is 12.0 Å². The normalized spacial score (nSPS) is 21.7. The number of methoxy groups -OCH3 is 1. The number of ether oxygens (including phenoxy) is 1. The SMILES string of the molecule is COCCCC(N)C(=O)N1CCC[C@@H](C(=O)O)C1. The zero-order valence-corrected chi connectivity index (χ0v) is 10.8. The van der Waals surface area contributed by atoms with Crippen LogP contribution in [-0.4, -0.2) is 54.7 Å². The van der Waals surface area contributed by atoms with Crippen LogP contribution < -0.4 is 5.73 Å². The average Bonchev–Trinajstić information content (AvgIpc) is 2.38. The Hall–Kier alpha value is -1.14. The van der Waals surface area contributed by atoms with Gasteiger partial charge in [0.25, 0.3) is 0 Å². The Morgan fingerprint density at radius 2 is 2.28 bits per heavy atom. The van der Waals surface area contributed by atoms with E-state index < -0.39 is 17.9 Å². The Bertz CT molecular complexity index is 296. The Balaban J connectivity index is 2.42. The van der Waals surface area contributed by atoms with Crippen LogP contribution in [0, 0.1) is 5.92 Å². The molecule has 1 fully saturated rings. The van der Waals surface area contributed by atoms with Crippen LogP contribution >= 0.6 is 0 Å². The van der Waals surface area contributed by atoms with Crippen molar-refractivity contribution >= 4 is 11.9 Å². The number of nitrogens with zero attached hydrogens (tertiary/aromatic N) is 1. The molecule has 1 rings (SSSR count). The third-order valence-corrected chi connectivity index (χ3v) is 3.26. The smallest absolute Gasteiger partial charge is 0.308 e. The first-order valence-electron chi connectivity index (χ1n) is 6.32. The lowest BCUT2D eigenvalue weighted by atomic mass is 9.97. The van der Waals surface area contributed by atoms with Gasteiger partial charge in [0, 0.05) is 26.8 Å². The van der Waals surface area contributed by atoms with Gasteiger partial charge in [-0.15, -0.1) is 0 Å². The van der Waals surface area contributed by atoms with Crippen molar-refractivity contribution in [2.24, 2.45) is 11.7 Å². The van der Waals surface area contributed by atoms with E-state index in [4.69, 9.17) is 15.6 Å². The maximum absolute atomic E-state index is 12.0. The molecule has 1 saturated heterocycles. The molecule has 0 aliphatic carbocycles. The van der Waals surface area contributed by atoms with Crippen molar-refractivity contribution in [3.63, 3.8) is 0 Å². The van der Waals surface area contributed by atoms with Gasteiger partial charge in [-0.05, 0) is 25.7 Å². The number of rotatable bonds is 6. The third-order valence-electron chi connectivity index (χ3n) is 3.26. The Kier molecular flexibility index (Phi) is 6.07. The molecule has 3 N–H and O–H groups in total. The zero-order valence-electron chi connectivity index (χ0n) is 10.8. The van der Waals surface area contributed by atoms with Crippen molar-refractivity contribution in [2.45, 2.75) is 31.7 Å². The van der Waals surface area contributed by atoms with E-state index in [1.807, 2.05) is 0 Å². The lowest BCUT2D eigenvalue weighted by Gasteiger charge is -2.32. The van der Waals surface area contributed by atoms with Crippen molar-refractivity contribution in [3.8, 4) is 0 Å². The van der Waals surface area contributed by atoms with Crippen LogP contribution in [0.1, 0.15) is 25.7 Å². The molecule has 0 aromatic heterocycles. The number of hydrogen-bond donors (Lipinski definition) is 2. The van der Waals surface area contributed by atoms with Crippen molar-refractivity contribution in [1.82, 2.24) is 4.90 Å². The van der Waals surface area contributed by atoms with Crippen LogP contribution in [0.5, 0.6) is 0 Å². The average molecular weight is 258 g/mol. The minimum absolute atomic E-state index is 0.142. The van der Waals surface area contributed by atoms with Gasteiger partial charge < -0.3 is 20.5 Å². The number of carboxylic acids is 1. The van der Waals surface area contributed by atoms with Gasteiger partial charge in [-0.3, -0.25) is 9.59 Å². The van der Waals surface area contributed by atoms with Crippen LogP contribution in [0.2, 0.25) is 0 Å². The maximum Gasteiger partial charge on any atom is 0.308 e. The number of carbonyl (C=O) groups excluding carboxylic acids is 1. The van der Waals surface area contributed by atoms with E-state index in [1.165, 1.54) is 0 Å². The Morgan fingerprint density at radius 1 is 1.56 bits per heavy atom. The highest BCUT2D eigenvalue weighted by molar-refractivity contribution is 5.82. The van der Waals surface area contributed by atoms with Gasteiger partial charge in [0.1, 0.15) is 0 Å². The topological polar surface area (TPSA) is 92.9 Å². The van der Waals surface area contributed by atoms with Crippen molar-refractivity contribution in [1.29, 1.82) is 0 Å². The van der Waals surface area contributed by atoms with E-state index in [0.717, 1.165) is 12.8 Å². The minimum atomic E-state index is -0.833. The van der Waals surface area contributed by atoms with Crippen molar-refractivity contribution in [3.05, 3.63) is 0 Å². The van der Waals surface area contributed by atoms with E-state index in [-0.39, 0.29) is 12.5 Å². The highest BCUT2D eigenvalue weighted by Crippen LogP contribution is 2.17. The highest BCUT2D eigenvalue weighted by Gasteiger charge is 2.30. The number of piperidine rings is 1. The van der Waals surface area contributed by atoms with Crippen LogP contribution in [0.3, 0.4) is 0 Å². The molecule has 1 heterocycles. The summed E-state index contributed by atoms with van der Waals surface area (Å²) in [7, 11) is 1.61. The molecule has 0 saturated carbocycles. The third kappa shape index (κ3) is 4.27. The fourth-order valence-electron chi connectivity index (χ4n) is 2.18. The molecule has 104 valence electrons. The van der Waals surface area contributed by atoms with Gasteiger partial charge in [-0.2, -0.15) is 0 Å². The summed E-state index contributed by atoms with van der Waals surface area (Å²) in [5.74, 6) is -1.42.